The molecule has 3 rings (SSSR count). The van der Waals surface area contributed by atoms with Crippen molar-refractivity contribution in [2.24, 2.45) is 0 Å². The molecule has 0 aromatic carbocycles. The number of halogens is 1. The number of rotatable bonds is 4. The highest BCUT2D eigenvalue weighted by Gasteiger charge is 2.14. The summed E-state index contributed by atoms with van der Waals surface area (Å²) >= 11 is 0. The molecule has 7 nitrogen and oxygen atoms in total. The van der Waals surface area contributed by atoms with E-state index in [9.17, 15) is 4.39 Å². The number of aromatic nitrogens is 5. The third-order valence-electron chi connectivity index (χ3n) is 3.22. The van der Waals surface area contributed by atoms with Crippen molar-refractivity contribution in [2.45, 2.75) is 19.9 Å². The molecule has 0 atom stereocenters. The maximum Gasteiger partial charge on any atom is 0.169 e. The van der Waals surface area contributed by atoms with Crippen LogP contribution in [0.25, 0.3) is 10.9 Å². The largest absolute Gasteiger partial charge is 0.373 e. The van der Waals surface area contributed by atoms with Crippen LogP contribution in [0.5, 0.6) is 0 Å². The monoisotopic (exact) mass is 301 g/mol. The van der Waals surface area contributed by atoms with E-state index in [4.69, 9.17) is 0 Å². The number of hydrogen-bond donors (Lipinski definition) is 2. The van der Waals surface area contributed by atoms with Crippen LogP contribution in [-0.2, 0) is 0 Å². The van der Waals surface area contributed by atoms with Gasteiger partial charge in [0.1, 0.15) is 29.3 Å². The van der Waals surface area contributed by atoms with Crippen molar-refractivity contribution in [3.05, 3.63) is 30.6 Å². The van der Waals surface area contributed by atoms with Crippen molar-refractivity contribution in [1.29, 1.82) is 0 Å². The summed E-state index contributed by atoms with van der Waals surface area (Å²) in [6, 6.07) is 1.87. The lowest BCUT2D eigenvalue weighted by atomic mass is 10.3. The third kappa shape index (κ3) is 2.54. The number of nitrogens with one attached hydrogen (secondary N) is 2. The highest BCUT2D eigenvalue weighted by Crippen LogP contribution is 2.26. The van der Waals surface area contributed by atoms with Crippen molar-refractivity contribution in [1.82, 2.24) is 24.7 Å². The summed E-state index contributed by atoms with van der Waals surface area (Å²) in [4.78, 5) is 12.3. The molecule has 0 bridgehead atoms. The molecule has 114 valence electrons. The summed E-state index contributed by atoms with van der Waals surface area (Å²) in [6.07, 6.45) is 4.37. The van der Waals surface area contributed by atoms with E-state index in [-0.39, 0.29) is 11.6 Å². The summed E-state index contributed by atoms with van der Waals surface area (Å²) < 4.78 is 15.6. The molecular formula is C14H16FN7. The fourth-order valence-corrected chi connectivity index (χ4v) is 2.04. The molecule has 3 heterocycles. The normalized spacial score (nSPS) is 11.1. The molecule has 3 aromatic heterocycles. The van der Waals surface area contributed by atoms with Gasteiger partial charge in [0.15, 0.2) is 5.82 Å². The Morgan fingerprint density at radius 3 is 2.68 bits per heavy atom. The zero-order chi connectivity index (χ0) is 15.7. The lowest BCUT2D eigenvalue weighted by molar-refractivity contribution is 0.533. The molecule has 0 unspecified atom stereocenters. The van der Waals surface area contributed by atoms with Gasteiger partial charge in [0.05, 0.1) is 11.6 Å². The first-order chi connectivity index (χ1) is 10.6. The van der Waals surface area contributed by atoms with E-state index in [1.165, 1.54) is 6.33 Å². The van der Waals surface area contributed by atoms with E-state index < -0.39 is 5.82 Å². The molecule has 2 N–H and O–H groups in total. The fourth-order valence-electron chi connectivity index (χ4n) is 2.04. The SMILES string of the molecule is CNc1cc(Nc2ncc(F)c3nn(C(C)C)cc23)ncn1. The summed E-state index contributed by atoms with van der Waals surface area (Å²) in [7, 11) is 1.77. The minimum Gasteiger partial charge on any atom is -0.373 e. The summed E-state index contributed by atoms with van der Waals surface area (Å²) in [6.45, 7) is 3.96. The summed E-state index contributed by atoms with van der Waals surface area (Å²) in [5.74, 6) is 1.30. The van der Waals surface area contributed by atoms with Gasteiger partial charge in [-0.2, -0.15) is 5.10 Å². The predicted molar refractivity (Wildman–Crippen MR) is 82.7 cm³/mol. The Morgan fingerprint density at radius 1 is 1.18 bits per heavy atom. The first-order valence-electron chi connectivity index (χ1n) is 6.88. The number of hydrogen-bond acceptors (Lipinski definition) is 6. The fraction of sp³-hybridized carbons (Fsp3) is 0.286. The Balaban J connectivity index is 2.04. The average molecular weight is 301 g/mol. The van der Waals surface area contributed by atoms with Gasteiger partial charge in [0, 0.05) is 25.4 Å². The van der Waals surface area contributed by atoms with Gasteiger partial charge in [-0.15, -0.1) is 0 Å². The molecule has 0 spiro atoms. The van der Waals surface area contributed by atoms with Crippen LogP contribution in [0.15, 0.2) is 24.8 Å². The van der Waals surface area contributed by atoms with Gasteiger partial charge < -0.3 is 10.6 Å². The molecule has 0 fully saturated rings. The van der Waals surface area contributed by atoms with Gasteiger partial charge >= 0.3 is 0 Å². The Bertz CT molecular complexity index is 812. The van der Waals surface area contributed by atoms with Gasteiger partial charge in [-0.05, 0) is 13.8 Å². The first-order valence-corrected chi connectivity index (χ1v) is 6.88. The van der Waals surface area contributed by atoms with Crippen molar-refractivity contribution in [2.75, 3.05) is 17.7 Å². The van der Waals surface area contributed by atoms with E-state index in [1.54, 1.807) is 24.0 Å². The molecule has 0 aliphatic heterocycles. The number of nitrogens with zero attached hydrogens (tertiary/aromatic N) is 5. The van der Waals surface area contributed by atoms with Crippen LogP contribution < -0.4 is 10.6 Å². The van der Waals surface area contributed by atoms with Crippen molar-refractivity contribution in [3.63, 3.8) is 0 Å². The molecular weight excluding hydrogens is 285 g/mol. The number of anilines is 3. The van der Waals surface area contributed by atoms with E-state index in [0.717, 1.165) is 6.20 Å². The maximum atomic E-state index is 13.9. The van der Waals surface area contributed by atoms with Gasteiger partial charge in [0.25, 0.3) is 0 Å². The van der Waals surface area contributed by atoms with Gasteiger partial charge in [0.2, 0.25) is 0 Å². The van der Waals surface area contributed by atoms with Crippen LogP contribution in [0.2, 0.25) is 0 Å². The standard InChI is InChI=1S/C14H16FN7/c1-8(2)22-6-9-13(21-22)10(15)5-17-14(9)20-12-4-11(16-3)18-7-19-12/h4-8H,1-3H3,(H2,16,17,18,19,20). The maximum absolute atomic E-state index is 13.9. The van der Waals surface area contributed by atoms with Crippen molar-refractivity contribution < 1.29 is 4.39 Å². The Labute approximate surface area is 126 Å². The molecule has 0 radical (unpaired) electrons. The Morgan fingerprint density at radius 2 is 1.95 bits per heavy atom. The van der Waals surface area contributed by atoms with Crippen molar-refractivity contribution in [3.8, 4) is 0 Å². The lowest BCUT2D eigenvalue weighted by Gasteiger charge is -2.06. The molecule has 8 heteroatoms. The van der Waals surface area contributed by atoms with Crippen LogP contribution in [-0.4, -0.2) is 31.8 Å². The number of fused-ring (bicyclic) bond motifs is 1. The molecule has 3 aromatic rings. The molecule has 0 amide bonds. The third-order valence-corrected chi connectivity index (χ3v) is 3.22. The zero-order valence-electron chi connectivity index (χ0n) is 12.5. The van der Waals surface area contributed by atoms with Crippen molar-refractivity contribution >= 4 is 28.4 Å². The minimum absolute atomic E-state index is 0.134. The zero-order valence-corrected chi connectivity index (χ0v) is 12.5. The smallest absolute Gasteiger partial charge is 0.169 e. The number of pyridine rings is 1. The Hall–Kier alpha value is -2.77. The van der Waals surface area contributed by atoms with E-state index in [0.29, 0.717) is 22.8 Å². The second kappa shape index (κ2) is 5.55. The van der Waals surface area contributed by atoms with Crippen LogP contribution in [0.4, 0.5) is 21.8 Å². The second-order valence-electron chi connectivity index (χ2n) is 5.08. The second-order valence-corrected chi connectivity index (χ2v) is 5.08. The summed E-state index contributed by atoms with van der Waals surface area (Å²) in [5.41, 5.74) is 0.286. The van der Waals surface area contributed by atoms with Crippen LogP contribution in [0.3, 0.4) is 0 Å². The molecule has 0 aliphatic rings. The van der Waals surface area contributed by atoms with E-state index in [1.807, 2.05) is 13.8 Å². The lowest BCUT2D eigenvalue weighted by Crippen LogP contribution is -2.00. The molecule has 0 aliphatic carbocycles. The quantitative estimate of drug-likeness (QED) is 0.771. The van der Waals surface area contributed by atoms with E-state index >= 15 is 0 Å². The average Bonchev–Trinajstić information content (AvgIpc) is 2.97. The van der Waals surface area contributed by atoms with E-state index in [2.05, 4.69) is 30.7 Å². The first kappa shape index (κ1) is 14.2. The van der Waals surface area contributed by atoms with Gasteiger partial charge in [-0.3, -0.25) is 4.68 Å². The topological polar surface area (TPSA) is 80.5 Å². The highest BCUT2D eigenvalue weighted by atomic mass is 19.1. The molecule has 0 saturated heterocycles. The molecule has 0 saturated carbocycles. The Kier molecular flexibility index (Phi) is 3.58. The highest BCUT2D eigenvalue weighted by molar-refractivity contribution is 5.90. The van der Waals surface area contributed by atoms with Crippen LogP contribution in [0, 0.1) is 5.82 Å². The van der Waals surface area contributed by atoms with Gasteiger partial charge in [-0.1, -0.05) is 0 Å². The van der Waals surface area contributed by atoms with Gasteiger partial charge in [-0.25, -0.2) is 19.3 Å². The predicted octanol–water partition coefficient (Wildman–Crippen LogP) is 2.73. The molecule has 22 heavy (non-hydrogen) atoms. The summed E-state index contributed by atoms with van der Waals surface area (Å²) in [5, 5.41) is 10.9. The minimum atomic E-state index is -0.446. The van der Waals surface area contributed by atoms with Crippen LogP contribution in [0.1, 0.15) is 19.9 Å². The van der Waals surface area contributed by atoms with Crippen LogP contribution >= 0.6 is 0 Å².